The summed E-state index contributed by atoms with van der Waals surface area (Å²) in [5.41, 5.74) is 6.78. The van der Waals surface area contributed by atoms with E-state index in [2.05, 4.69) is 0 Å². The Balaban J connectivity index is 2.03. The number of nitro benzene ring substituents is 1. The van der Waals surface area contributed by atoms with Crippen LogP contribution in [-0.4, -0.2) is 4.92 Å². The Labute approximate surface area is 119 Å². The van der Waals surface area contributed by atoms with Crippen molar-refractivity contribution in [2.45, 2.75) is 17.2 Å². The third kappa shape index (κ3) is 3.55. The van der Waals surface area contributed by atoms with Gasteiger partial charge in [0.05, 0.1) is 4.92 Å². The van der Waals surface area contributed by atoms with Crippen LogP contribution in [0.3, 0.4) is 0 Å². The summed E-state index contributed by atoms with van der Waals surface area (Å²) >= 11 is 1.54. The van der Waals surface area contributed by atoms with Crippen LogP contribution in [0.5, 0.6) is 0 Å². The smallest absolute Gasteiger partial charge is 0.304 e. The van der Waals surface area contributed by atoms with E-state index in [1.165, 1.54) is 23.9 Å². The van der Waals surface area contributed by atoms with Crippen molar-refractivity contribution in [1.82, 2.24) is 0 Å². The molecule has 104 valence electrons. The lowest BCUT2D eigenvalue weighted by molar-refractivity contribution is -0.387. The summed E-state index contributed by atoms with van der Waals surface area (Å²) in [5.74, 6) is -0.247. The minimum Gasteiger partial charge on any atom is -0.326 e. The van der Waals surface area contributed by atoms with Crippen LogP contribution >= 0.6 is 11.8 Å². The van der Waals surface area contributed by atoms with Gasteiger partial charge in [-0.1, -0.05) is 18.2 Å². The van der Waals surface area contributed by atoms with E-state index in [-0.39, 0.29) is 0 Å². The zero-order valence-corrected chi connectivity index (χ0v) is 11.4. The minimum atomic E-state index is -0.799. The van der Waals surface area contributed by atoms with Gasteiger partial charge in [-0.3, -0.25) is 10.1 Å². The molecule has 0 radical (unpaired) electrons. The Kier molecular flexibility index (Phi) is 4.70. The van der Waals surface area contributed by atoms with Crippen LogP contribution in [0.1, 0.15) is 11.1 Å². The molecule has 0 atom stereocenters. The Hall–Kier alpha value is -1.92. The van der Waals surface area contributed by atoms with Crippen molar-refractivity contribution in [3.05, 3.63) is 69.5 Å². The molecule has 0 aromatic heterocycles. The van der Waals surface area contributed by atoms with E-state index in [4.69, 9.17) is 5.73 Å². The van der Waals surface area contributed by atoms with Crippen LogP contribution in [0.4, 0.5) is 10.1 Å². The monoisotopic (exact) mass is 292 g/mol. The molecule has 0 aliphatic heterocycles. The highest BCUT2D eigenvalue weighted by Crippen LogP contribution is 2.25. The van der Waals surface area contributed by atoms with Crippen molar-refractivity contribution in [2.24, 2.45) is 5.73 Å². The molecule has 0 spiro atoms. The summed E-state index contributed by atoms with van der Waals surface area (Å²) in [6.07, 6.45) is 0. The van der Waals surface area contributed by atoms with E-state index in [9.17, 15) is 14.5 Å². The van der Waals surface area contributed by atoms with Crippen LogP contribution in [0, 0.1) is 15.9 Å². The highest BCUT2D eigenvalue weighted by atomic mass is 32.2. The largest absolute Gasteiger partial charge is 0.326 e. The molecule has 0 aliphatic rings. The number of thioether (sulfide) groups is 1. The Morgan fingerprint density at radius 2 is 1.80 bits per heavy atom. The summed E-state index contributed by atoms with van der Waals surface area (Å²) in [6.45, 7) is 0.499. The molecule has 2 aromatic rings. The first-order valence-electron chi connectivity index (χ1n) is 5.95. The lowest BCUT2D eigenvalue weighted by Gasteiger charge is -2.04. The molecule has 0 bridgehead atoms. The second kappa shape index (κ2) is 6.49. The number of benzene rings is 2. The van der Waals surface area contributed by atoms with E-state index in [1.807, 2.05) is 24.3 Å². The van der Waals surface area contributed by atoms with Gasteiger partial charge < -0.3 is 5.73 Å². The van der Waals surface area contributed by atoms with Crippen LogP contribution in [-0.2, 0) is 12.3 Å². The first-order valence-corrected chi connectivity index (χ1v) is 6.93. The maximum Gasteiger partial charge on any atom is 0.304 e. The minimum absolute atomic E-state index is 0.494. The molecule has 0 saturated heterocycles. The molecule has 0 fully saturated rings. The molecule has 0 unspecified atom stereocenters. The van der Waals surface area contributed by atoms with Crippen LogP contribution < -0.4 is 5.73 Å². The van der Waals surface area contributed by atoms with E-state index >= 15 is 0 Å². The summed E-state index contributed by atoms with van der Waals surface area (Å²) in [7, 11) is 0. The number of nitrogens with zero attached hydrogens (tertiary/aromatic N) is 1. The van der Waals surface area contributed by atoms with E-state index in [0.29, 0.717) is 17.9 Å². The number of nitrogens with two attached hydrogens (primary N) is 1. The van der Waals surface area contributed by atoms with Gasteiger partial charge in [-0.25, -0.2) is 0 Å². The molecule has 0 saturated carbocycles. The predicted octanol–water partition coefficient (Wildman–Crippen LogP) is 3.48. The van der Waals surface area contributed by atoms with Gasteiger partial charge in [-0.2, -0.15) is 4.39 Å². The quantitative estimate of drug-likeness (QED) is 0.520. The topological polar surface area (TPSA) is 69.2 Å². The van der Waals surface area contributed by atoms with Gasteiger partial charge >= 0.3 is 5.69 Å². The highest BCUT2D eigenvalue weighted by molar-refractivity contribution is 7.98. The van der Waals surface area contributed by atoms with Crippen molar-refractivity contribution in [3.8, 4) is 0 Å². The van der Waals surface area contributed by atoms with Gasteiger partial charge in [-0.15, -0.1) is 11.8 Å². The molecular formula is C14H13FN2O2S. The normalized spacial score (nSPS) is 10.5. The molecule has 4 nitrogen and oxygen atoms in total. The second-order valence-corrected chi connectivity index (χ2v) is 5.23. The summed E-state index contributed by atoms with van der Waals surface area (Å²) in [4.78, 5) is 10.8. The zero-order valence-electron chi connectivity index (χ0n) is 10.6. The first kappa shape index (κ1) is 14.5. The zero-order chi connectivity index (χ0) is 14.5. The van der Waals surface area contributed by atoms with Gasteiger partial charge in [0.1, 0.15) is 0 Å². The van der Waals surface area contributed by atoms with Gasteiger partial charge in [0.15, 0.2) is 0 Å². The van der Waals surface area contributed by atoms with Crippen LogP contribution in [0.25, 0.3) is 0 Å². The lowest BCUT2D eigenvalue weighted by Crippen LogP contribution is -1.95. The molecular weight excluding hydrogens is 279 g/mol. The Morgan fingerprint density at radius 1 is 1.15 bits per heavy atom. The molecule has 2 N–H and O–H groups in total. The average molecular weight is 292 g/mol. The summed E-state index contributed by atoms with van der Waals surface area (Å²) in [6, 6.07) is 11.8. The van der Waals surface area contributed by atoms with Crippen molar-refractivity contribution in [1.29, 1.82) is 0 Å². The highest BCUT2D eigenvalue weighted by Gasteiger charge is 2.13. The fourth-order valence-corrected chi connectivity index (χ4v) is 2.52. The first-order chi connectivity index (χ1) is 9.60. The fourth-order valence-electron chi connectivity index (χ4n) is 1.68. The summed E-state index contributed by atoms with van der Waals surface area (Å²) < 4.78 is 13.5. The van der Waals surface area contributed by atoms with Gasteiger partial charge in [0.25, 0.3) is 0 Å². The molecule has 6 heteroatoms. The number of hydrogen-bond acceptors (Lipinski definition) is 4. The molecule has 2 aromatic carbocycles. The van der Waals surface area contributed by atoms with Crippen molar-refractivity contribution >= 4 is 17.4 Å². The standard InChI is InChI=1S/C14H13FN2O2S/c15-13-7-11(3-6-14(13)17(18)19)9-20-12-4-1-10(8-16)2-5-12/h1-7H,8-9,16H2. The van der Waals surface area contributed by atoms with E-state index < -0.39 is 16.4 Å². The average Bonchev–Trinajstić information content (AvgIpc) is 2.45. The molecule has 20 heavy (non-hydrogen) atoms. The third-order valence-electron chi connectivity index (χ3n) is 2.77. The van der Waals surface area contributed by atoms with Gasteiger partial charge in [0.2, 0.25) is 5.82 Å². The Morgan fingerprint density at radius 3 is 2.35 bits per heavy atom. The molecule has 0 aliphatic carbocycles. The van der Waals surface area contributed by atoms with E-state index in [1.54, 1.807) is 6.07 Å². The Bertz CT molecular complexity index is 617. The molecule has 0 amide bonds. The lowest BCUT2D eigenvalue weighted by atomic mass is 10.2. The van der Waals surface area contributed by atoms with Crippen LogP contribution in [0.15, 0.2) is 47.4 Å². The second-order valence-electron chi connectivity index (χ2n) is 4.18. The van der Waals surface area contributed by atoms with Gasteiger partial charge in [0, 0.05) is 23.3 Å². The van der Waals surface area contributed by atoms with Crippen molar-refractivity contribution in [3.63, 3.8) is 0 Å². The fraction of sp³-hybridized carbons (Fsp3) is 0.143. The number of hydrogen-bond donors (Lipinski definition) is 1. The number of halogens is 1. The maximum atomic E-state index is 13.5. The van der Waals surface area contributed by atoms with Gasteiger partial charge in [-0.05, 0) is 29.3 Å². The molecule has 0 heterocycles. The number of rotatable bonds is 5. The molecule has 2 rings (SSSR count). The maximum absolute atomic E-state index is 13.5. The predicted molar refractivity (Wildman–Crippen MR) is 76.9 cm³/mol. The number of nitro groups is 1. The van der Waals surface area contributed by atoms with Crippen molar-refractivity contribution in [2.75, 3.05) is 0 Å². The van der Waals surface area contributed by atoms with Crippen molar-refractivity contribution < 1.29 is 9.31 Å². The SMILES string of the molecule is NCc1ccc(SCc2ccc([N+](=O)[O-])c(F)c2)cc1. The van der Waals surface area contributed by atoms with Crippen LogP contribution in [0.2, 0.25) is 0 Å². The van der Waals surface area contributed by atoms with E-state index in [0.717, 1.165) is 10.5 Å². The summed E-state index contributed by atoms with van der Waals surface area (Å²) in [5, 5.41) is 10.5. The third-order valence-corrected chi connectivity index (χ3v) is 3.86.